The van der Waals surface area contributed by atoms with Crippen LogP contribution >= 0.6 is 0 Å². The van der Waals surface area contributed by atoms with Crippen LogP contribution in [0.2, 0.25) is 0 Å². The maximum absolute atomic E-state index is 6.41. The number of fused-ring (bicyclic) bond motifs is 6. The number of hydrogen-bond donors (Lipinski definition) is 0. The molecule has 0 saturated heterocycles. The highest BCUT2D eigenvalue weighted by atomic mass is 16.3. The van der Waals surface area contributed by atoms with Crippen molar-refractivity contribution in [3.8, 4) is 33.4 Å². The van der Waals surface area contributed by atoms with Gasteiger partial charge in [-0.3, -0.25) is 9.97 Å². The fraction of sp³-hybridized carbons (Fsp3) is 0.105. The number of furan rings is 2. The van der Waals surface area contributed by atoms with Crippen molar-refractivity contribution in [1.29, 1.82) is 0 Å². The molecule has 0 fully saturated rings. The molecule has 0 unspecified atom stereocenters. The Morgan fingerprint density at radius 3 is 2.10 bits per heavy atom. The van der Waals surface area contributed by atoms with E-state index in [9.17, 15) is 0 Å². The number of pyridine rings is 2. The van der Waals surface area contributed by atoms with Crippen LogP contribution in [-0.2, 0) is 5.41 Å². The lowest BCUT2D eigenvalue weighted by Crippen LogP contribution is -2.10. The van der Waals surface area contributed by atoms with E-state index in [0.29, 0.717) is 0 Å². The second kappa shape index (κ2) is 9.15. The van der Waals surface area contributed by atoms with Gasteiger partial charge in [0, 0.05) is 34.3 Å². The minimum atomic E-state index is 0.0695. The average Bonchev–Trinajstić information content (AvgIpc) is 3.59. The third-order valence-electron chi connectivity index (χ3n) is 8.19. The Morgan fingerprint density at radius 2 is 1.24 bits per heavy atom. The fourth-order valence-electron chi connectivity index (χ4n) is 6.00. The van der Waals surface area contributed by atoms with Crippen molar-refractivity contribution in [2.45, 2.75) is 26.2 Å². The SMILES string of the molecule is CC(C)(C)c1ccc(-c2cc(-c3ccnc4c3oc3ccccc34)ccc2-c2cccc3c2oc2cccnc23)cc1. The Kier molecular flexibility index (Phi) is 5.35. The number of para-hydroxylation sites is 2. The van der Waals surface area contributed by atoms with E-state index in [1.807, 2.05) is 48.8 Å². The van der Waals surface area contributed by atoms with E-state index in [1.165, 1.54) is 5.56 Å². The van der Waals surface area contributed by atoms with Gasteiger partial charge in [0.05, 0.1) is 0 Å². The maximum Gasteiger partial charge on any atom is 0.161 e. The van der Waals surface area contributed by atoms with Crippen LogP contribution in [0.15, 0.2) is 124 Å². The first kappa shape index (κ1) is 24.6. The van der Waals surface area contributed by atoms with Gasteiger partial charge in [-0.25, -0.2) is 0 Å². The Morgan fingerprint density at radius 1 is 0.500 bits per heavy atom. The minimum Gasteiger partial charge on any atom is -0.454 e. The summed E-state index contributed by atoms with van der Waals surface area (Å²) in [6, 6.07) is 35.9. The molecule has 0 aliphatic rings. The lowest BCUT2D eigenvalue weighted by molar-refractivity contribution is 0.590. The summed E-state index contributed by atoms with van der Waals surface area (Å²) in [7, 11) is 0. The summed E-state index contributed by atoms with van der Waals surface area (Å²) in [4.78, 5) is 9.28. The van der Waals surface area contributed by atoms with E-state index < -0.39 is 0 Å². The maximum atomic E-state index is 6.41. The minimum absolute atomic E-state index is 0.0695. The summed E-state index contributed by atoms with van der Waals surface area (Å²) in [6.45, 7) is 6.73. The highest BCUT2D eigenvalue weighted by Gasteiger charge is 2.20. The van der Waals surface area contributed by atoms with Crippen LogP contribution in [-0.4, -0.2) is 9.97 Å². The molecule has 4 nitrogen and oxygen atoms in total. The zero-order valence-corrected chi connectivity index (χ0v) is 23.7. The van der Waals surface area contributed by atoms with Crippen LogP contribution in [0.4, 0.5) is 0 Å². The first-order valence-corrected chi connectivity index (χ1v) is 14.2. The van der Waals surface area contributed by atoms with Crippen molar-refractivity contribution in [2.24, 2.45) is 0 Å². The molecular weight excluding hydrogens is 516 g/mol. The molecule has 4 heteroatoms. The largest absolute Gasteiger partial charge is 0.454 e. The molecule has 0 radical (unpaired) electrons. The molecule has 0 atom stereocenters. The van der Waals surface area contributed by atoms with Crippen molar-refractivity contribution in [1.82, 2.24) is 9.97 Å². The first-order chi connectivity index (χ1) is 20.5. The smallest absolute Gasteiger partial charge is 0.161 e. The molecule has 202 valence electrons. The lowest BCUT2D eigenvalue weighted by atomic mass is 9.85. The van der Waals surface area contributed by atoms with Gasteiger partial charge < -0.3 is 8.83 Å². The van der Waals surface area contributed by atoms with E-state index in [2.05, 4.69) is 97.5 Å². The van der Waals surface area contributed by atoms with Crippen molar-refractivity contribution in [2.75, 3.05) is 0 Å². The quantitative estimate of drug-likeness (QED) is 0.222. The van der Waals surface area contributed by atoms with Crippen LogP contribution in [0.3, 0.4) is 0 Å². The van der Waals surface area contributed by atoms with Crippen molar-refractivity contribution in [3.63, 3.8) is 0 Å². The van der Waals surface area contributed by atoms with E-state index in [1.54, 1.807) is 0 Å². The Bertz CT molecular complexity index is 2280. The van der Waals surface area contributed by atoms with E-state index in [4.69, 9.17) is 8.83 Å². The first-order valence-electron chi connectivity index (χ1n) is 14.2. The zero-order chi connectivity index (χ0) is 28.4. The third kappa shape index (κ3) is 3.83. The van der Waals surface area contributed by atoms with Gasteiger partial charge in [0.2, 0.25) is 0 Å². The molecule has 0 saturated carbocycles. The Labute approximate surface area is 243 Å². The Balaban J connectivity index is 1.38. The normalized spacial score (nSPS) is 12.2. The second-order valence-electron chi connectivity index (χ2n) is 11.9. The summed E-state index contributed by atoms with van der Waals surface area (Å²) in [5.74, 6) is 0. The monoisotopic (exact) mass is 544 g/mol. The molecule has 0 bridgehead atoms. The molecule has 0 spiro atoms. The van der Waals surface area contributed by atoms with Gasteiger partial charge in [-0.2, -0.15) is 0 Å². The molecule has 8 rings (SSSR count). The summed E-state index contributed by atoms with van der Waals surface area (Å²) in [5, 5.41) is 2.04. The predicted molar refractivity (Wildman–Crippen MR) is 172 cm³/mol. The molecule has 0 aliphatic carbocycles. The van der Waals surface area contributed by atoms with Crippen LogP contribution in [0.5, 0.6) is 0 Å². The summed E-state index contributed by atoms with van der Waals surface area (Å²) in [5.41, 5.74) is 12.9. The Hall–Kier alpha value is -5.22. The van der Waals surface area contributed by atoms with Gasteiger partial charge in [-0.1, -0.05) is 81.4 Å². The molecule has 0 amide bonds. The third-order valence-corrected chi connectivity index (χ3v) is 8.19. The zero-order valence-electron chi connectivity index (χ0n) is 23.7. The van der Waals surface area contributed by atoms with Gasteiger partial charge in [0.25, 0.3) is 0 Å². The summed E-state index contributed by atoms with van der Waals surface area (Å²) >= 11 is 0. The van der Waals surface area contributed by atoms with Gasteiger partial charge in [-0.15, -0.1) is 0 Å². The van der Waals surface area contributed by atoms with Crippen molar-refractivity contribution < 1.29 is 8.83 Å². The fourth-order valence-corrected chi connectivity index (χ4v) is 6.00. The second-order valence-corrected chi connectivity index (χ2v) is 11.9. The standard InChI is InChI=1S/C38H28N2O2/c1-38(2,3)25-16-13-23(14-17-25)31-22-24(26-19-21-40-35-29-8-4-5-11-32(29)41-37(26)35)15-18-27(31)28-9-6-10-30-34-33(42-36(28)30)12-7-20-39-34/h4-22H,1-3H3. The predicted octanol–water partition coefficient (Wildman–Crippen LogP) is 10.6. The molecule has 0 N–H and O–H groups in total. The molecule has 8 aromatic rings. The molecular formula is C38H28N2O2. The molecule has 4 aromatic heterocycles. The summed E-state index contributed by atoms with van der Waals surface area (Å²) < 4.78 is 12.8. The number of hydrogen-bond acceptors (Lipinski definition) is 4. The van der Waals surface area contributed by atoms with Crippen LogP contribution in [0.1, 0.15) is 26.3 Å². The van der Waals surface area contributed by atoms with E-state index >= 15 is 0 Å². The highest BCUT2D eigenvalue weighted by Crippen LogP contribution is 2.43. The summed E-state index contributed by atoms with van der Waals surface area (Å²) in [6.07, 6.45) is 3.68. The van der Waals surface area contributed by atoms with Crippen molar-refractivity contribution >= 4 is 44.1 Å². The van der Waals surface area contributed by atoms with Gasteiger partial charge >= 0.3 is 0 Å². The van der Waals surface area contributed by atoms with E-state index in [-0.39, 0.29) is 5.41 Å². The van der Waals surface area contributed by atoms with Crippen LogP contribution in [0, 0.1) is 0 Å². The lowest BCUT2D eigenvalue weighted by Gasteiger charge is -2.20. The van der Waals surface area contributed by atoms with E-state index in [0.717, 1.165) is 77.5 Å². The molecule has 4 aromatic carbocycles. The molecule has 4 heterocycles. The van der Waals surface area contributed by atoms with Crippen molar-refractivity contribution in [3.05, 3.63) is 121 Å². The van der Waals surface area contributed by atoms with Gasteiger partial charge in [0.1, 0.15) is 22.2 Å². The number of rotatable bonds is 3. The van der Waals surface area contributed by atoms with Crippen LogP contribution in [0.25, 0.3) is 77.5 Å². The topological polar surface area (TPSA) is 52.1 Å². The number of benzene rings is 4. The molecule has 42 heavy (non-hydrogen) atoms. The van der Waals surface area contributed by atoms with Crippen LogP contribution < -0.4 is 0 Å². The molecule has 0 aliphatic heterocycles. The van der Waals surface area contributed by atoms with Gasteiger partial charge in [-0.05, 0) is 75.7 Å². The van der Waals surface area contributed by atoms with Gasteiger partial charge in [0.15, 0.2) is 11.2 Å². The number of aromatic nitrogens is 2. The highest BCUT2D eigenvalue weighted by molar-refractivity contribution is 6.10. The number of nitrogens with zero attached hydrogens (tertiary/aromatic N) is 2. The average molecular weight is 545 g/mol.